The van der Waals surface area contributed by atoms with Crippen LogP contribution in [0, 0.1) is 0 Å². The summed E-state index contributed by atoms with van der Waals surface area (Å²) in [6.07, 6.45) is 2.02. The van der Waals surface area contributed by atoms with E-state index in [0.29, 0.717) is 23.6 Å². The van der Waals surface area contributed by atoms with Crippen molar-refractivity contribution in [2.45, 2.75) is 32.2 Å². The maximum atomic E-state index is 12.5. The average molecular weight is 291 g/mol. The molecule has 2 aromatic heterocycles. The van der Waals surface area contributed by atoms with E-state index in [1.54, 1.807) is 7.05 Å². The number of aryl methyl sites for hydroxylation is 2. The summed E-state index contributed by atoms with van der Waals surface area (Å²) in [6, 6.07) is 0. The van der Waals surface area contributed by atoms with Gasteiger partial charge >= 0.3 is 5.69 Å². The third-order valence-electron chi connectivity index (χ3n) is 4.40. The normalized spacial score (nSPS) is 16.7. The minimum atomic E-state index is -0.329. The zero-order chi connectivity index (χ0) is 15.1. The van der Waals surface area contributed by atoms with E-state index in [0.717, 1.165) is 36.3 Å². The molecule has 0 aliphatic carbocycles. The monoisotopic (exact) mass is 291 g/mol. The molecule has 0 aromatic carbocycles. The molecule has 1 aliphatic rings. The number of rotatable bonds is 2. The Bertz CT molecular complexity index is 792. The minimum absolute atomic E-state index is 0.261. The van der Waals surface area contributed by atoms with Crippen LogP contribution in [0.4, 0.5) is 0 Å². The number of nitrogens with one attached hydrogen (secondary N) is 1. The quantitative estimate of drug-likeness (QED) is 0.840. The van der Waals surface area contributed by atoms with E-state index in [1.165, 1.54) is 11.6 Å². The van der Waals surface area contributed by atoms with E-state index >= 15 is 0 Å². The molecule has 3 heterocycles. The number of imidazole rings is 1. The molecule has 1 N–H and O–H groups in total. The molecule has 1 saturated heterocycles. The fourth-order valence-corrected chi connectivity index (χ4v) is 3.18. The van der Waals surface area contributed by atoms with Gasteiger partial charge in [0.15, 0.2) is 11.2 Å². The van der Waals surface area contributed by atoms with Crippen LogP contribution in [-0.4, -0.2) is 31.8 Å². The Labute approximate surface area is 122 Å². The van der Waals surface area contributed by atoms with Gasteiger partial charge in [-0.3, -0.25) is 13.9 Å². The standard InChI is InChI=1S/C14H21N5O2/c1-4-19-10-12(17(2)14(21)18(3)13(10)20)16-11(19)9-5-7-15-8-6-9/h9,15H,4-8H2,1-3H3. The van der Waals surface area contributed by atoms with E-state index in [9.17, 15) is 9.59 Å². The summed E-state index contributed by atoms with van der Waals surface area (Å²) in [6.45, 7) is 4.63. The number of fused-ring (bicyclic) bond motifs is 1. The van der Waals surface area contributed by atoms with Gasteiger partial charge in [-0.15, -0.1) is 0 Å². The van der Waals surface area contributed by atoms with Crippen LogP contribution in [0.3, 0.4) is 0 Å². The molecule has 21 heavy (non-hydrogen) atoms. The number of nitrogens with zero attached hydrogens (tertiary/aromatic N) is 4. The van der Waals surface area contributed by atoms with Crippen molar-refractivity contribution >= 4 is 11.2 Å². The smallest absolute Gasteiger partial charge is 0.322 e. The lowest BCUT2D eigenvalue weighted by molar-refractivity contribution is 0.434. The molecule has 2 aromatic rings. The Hall–Kier alpha value is -1.89. The predicted octanol–water partition coefficient (Wildman–Crippen LogP) is -0.0794. The van der Waals surface area contributed by atoms with Crippen molar-refractivity contribution in [2.75, 3.05) is 13.1 Å². The number of hydrogen-bond acceptors (Lipinski definition) is 4. The third kappa shape index (κ3) is 2.03. The molecule has 1 fully saturated rings. The molecule has 7 nitrogen and oxygen atoms in total. The van der Waals surface area contributed by atoms with Crippen LogP contribution in [0.25, 0.3) is 11.2 Å². The van der Waals surface area contributed by atoms with Crippen LogP contribution in [-0.2, 0) is 20.6 Å². The van der Waals surface area contributed by atoms with Crippen molar-refractivity contribution in [3.8, 4) is 0 Å². The largest absolute Gasteiger partial charge is 0.332 e. The summed E-state index contributed by atoms with van der Waals surface area (Å²) >= 11 is 0. The van der Waals surface area contributed by atoms with Crippen molar-refractivity contribution in [2.24, 2.45) is 14.1 Å². The molecule has 0 saturated carbocycles. The highest BCUT2D eigenvalue weighted by Gasteiger charge is 2.24. The summed E-state index contributed by atoms with van der Waals surface area (Å²) in [5.41, 5.74) is 0.446. The fraction of sp³-hybridized carbons (Fsp3) is 0.643. The van der Waals surface area contributed by atoms with Gasteiger partial charge in [-0.2, -0.15) is 0 Å². The summed E-state index contributed by atoms with van der Waals surface area (Å²) in [4.78, 5) is 29.2. The maximum Gasteiger partial charge on any atom is 0.332 e. The lowest BCUT2D eigenvalue weighted by Gasteiger charge is -2.22. The van der Waals surface area contributed by atoms with Crippen LogP contribution in [0.2, 0.25) is 0 Å². The Morgan fingerprint density at radius 3 is 2.48 bits per heavy atom. The molecule has 7 heteroatoms. The van der Waals surface area contributed by atoms with Crippen LogP contribution < -0.4 is 16.6 Å². The first-order valence-electron chi connectivity index (χ1n) is 7.43. The van der Waals surface area contributed by atoms with Gasteiger partial charge in [0.1, 0.15) is 5.82 Å². The molecular weight excluding hydrogens is 270 g/mol. The highest BCUT2D eigenvalue weighted by atomic mass is 16.2. The van der Waals surface area contributed by atoms with Gasteiger partial charge in [0.05, 0.1) is 0 Å². The number of hydrogen-bond donors (Lipinski definition) is 1. The molecular formula is C14H21N5O2. The van der Waals surface area contributed by atoms with Gasteiger partial charge in [0.2, 0.25) is 0 Å². The first-order chi connectivity index (χ1) is 10.1. The second-order valence-corrected chi connectivity index (χ2v) is 5.62. The Morgan fingerprint density at radius 1 is 1.19 bits per heavy atom. The molecule has 1 aliphatic heterocycles. The van der Waals surface area contributed by atoms with Crippen molar-refractivity contribution in [3.63, 3.8) is 0 Å². The number of aromatic nitrogens is 4. The predicted molar refractivity (Wildman–Crippen MR) is 80.7 cm³/mol. The molecule has 0 bridgehead atoms. The highest BCUT2D eigenvalue weighted by Crippen LogP contribution is 2.26. The van der Waals surface area contributed by atoms with Crippen molar-refractivity contribution in [3.05, 3.63) is 26.7 Å². The Balaban J connectivity index is 2.32. The summed E-state index contributed by atoms with van der Waals surface area (Å²) < 4.78 is 4.60. The molecule has 0 radical (unpaired) electrons. The van der Waals surface area contributed by atoms with Gasteiger partial charge in [-0.25, -0.2) is 9.78 Å². The molecule has 3 rings (SSSR count). The van der Waals surface area contributed by atoms with E-state index in [-0.39, 0.29) is 11.2 Å². The van der Waals surface area contributed by atoms with Crippen LogP contribution in [0.15, 0.2) is 9.59 Å². The Kier molecular flexibility index (Phi) is 3.44. The molecule has 0 atom stereocenters. The summed E-state index contributed by atoms with van der Waals surface area (Å²) in [5, 5.41) is 3.34. The maximum absolute atomic E-state index is 12.5. The first kappa shape index (κ1) is 14.1. The second-order valence-electron chi connectivity index (χ2n) is 5.62. The molecule has 0 amide bonds. The van der Waals surface area contributed by atoms with E-state index < -0.39 is 0 Å². The van der Waals surface area contributed by atoms with Crippen molar-refractivity contribution < 1.29 is 0 Å². The Morgan fingerprint density at radius 2 is 1.86 bits per heavy atom. The van der Waals surface area contributed by atoms with E-state index in [2.05, 4.69) is 10.3 Å². The topological polar surface area (TPSA) is 73.8 Å². The highest BCUT2D eigenvalue weighted by molar-refractivity contribution is 5.71. The van der Waals surface area contributed by atoms with Gasteiger partial charge < -0.3 is 9.88 Å². The van der Waals surface area contributed by atoms with Crippen molar-refractivity contribution in [1.82, 2.24) is 24.0 Å². The van der Waals surface area contributed by atoms with Gasteiger partial charge in [0.25, 0.3) is 5.56 Å². The number of piperidine rings is 1. The lowest BCUT2D eigenvalue weighted by Crippen LogP contribution is -2.37. The SMILES string of the molecule is CCn1c(C2CCNCC2)nc2c1c(=O)n(C)c(=O)n2C. The van der Waals surface area contributed by atoms with E-state index in [4.69, 9.17) is 0 Å². The lowest BCUT2D eigenvalue weighted by atomic mass is 9.97. The molecule has 0 unspecified atom stereocenters. The molecule has 0 spiro atoms. The summed E-state index contributed by atoms with van der Waals surface area (Å²) in [5.74, 6) is 1.28. The third-order valence-corrected chi connectivity index (χ3v) is 4.40. The van der Waals surface area contributed by atoms with Gasteiger partial charge in [0, 0.05) is 26.6 Å². The van der Waals surface area contributed by atoms with Crippen LogP contribution in [0.1, 0.15) is 31.5 Å². The van der Waals surface area contributed by atoms with E-state index in [1.807, 2.05) is 11.5 Å². The van der Waals surface area contributed by atoms with Crippen molar-refractivity contribution in [1.29, 1.82) is 0 Å². The second kappa shape index (κ2) is 5.14. The van der Waals surface area contributed by atoms with Crippen LogP contribution >= 0.6 is 0 Å². The van der Waals surface area contributed by atoms with Crippen LogP contribution in [0.5, 0.6) is 0 Å². The average Bonchev–Trinajstić information content (AvgIpc) is 2.91. The van der Waals surface area contributed by atoms with Gasteiger partial charge in [-0.1, -0.05) is 0 Å². The zero-order valence-corrected chi connectivity index (χ0v) is 12.7. The molecule has 114 valence electrons. The zero-order valence-electron chi connectivity index (χ0n) is 12.7. The first-order valence-corrected chi connectivity index (χ1v) is 7.43. The summed E-state index contributed by atoms with van der Waals surface area (Å²) in [7, 11) is 3.19. The van der Waals surface area contributed by atoms with Gasteiger partial charge in [-0.05, 0) is 32.9 Å². The minimum Gasteiger partial charge on any atom is -0.322 e. The fourth-order valence-electron chi connectivity index (χ4n) is 3.18.